The number of nitrogens with one attached hydrogen (secondary N) is 2. The fourth-order valence-electron chi connectivity index (χ4n) is 3.28. The van der Waals surface area contributed by atoms with E-state index in [4.69, 9.17) is 5.73 Å². The molecule has 0 saturated heterocycles. The molecule has 1 atom stereocenters. The maximum absolute atomic E-state index is 12.8. The summed E-state index contributed by atoms with van der Waals surface area (Å²) in [7, 11) is 0. The Morgan fingerprint density at radius 2 is 2.04 bits per heavy atom. The molecular formula is C19H21N3O3S. The van der Waals surface area contributed by atoms with Gasteiger partial charge < -0.3 is 16.0 Å². The van der Waals surface area contributed by atoms with Gasteiger partial charge in [0.25, 0.3) is 17.4 Å². The van der Waals surface area contributed by atoms with Crippen LogP contribution in [0.25, 0.3) is 0 Å². The molecule has 136 valence electrons. The molecule has 1 heterocycles. The van der Waals surface area contributed by atoms with Crippen molar-refractivity contribution in [3.8, 4) is 0 Å². The van der Waals surface area contributed by atoms with Crippen LogP contribution in [-0.4, -0.2) is 23.1 Å². The quantitative estimate of drug-likeness (QED) is 0.717. The zero-order chi connectivity index (χ0) is 18.8. The summed E-state index contributed by atoms with van der Waals surface area (Å²) in [4.78, 5) is 40.0. The van der Waals surface area contributed by atoms with Crippen LogP contribution in [-0.2, 0) is 6.42 Å². The first-order chi connectivity index (χ1) is 12.4. The van der Waals surface area contributed by atoms with Crippen molar-refractivity contribution < 1.29 is 9.59 Å². The molecule has 0 radical (unpaired) electrons. The summed E-state index contributed by atoms with van der Waals surface area (Å²) in [6.07, 6.45) is 4.25. The fraction of sp³-hybridized carbons (Fsp3) is 0.316. The molecule has 1 aromatic carbocycles. The molecule has 1 aromatic heterocycles. The van der Waals surface area contributed by atoms with Crippen molar-refractivity contribution in [2.45, 2.75) is 37.1 Å². The van der Waals surface area contributed by atoms with E-state index < -0.39 is 11.5 Å². The summed E-state index contributed by atoms with van der Waals surface area (Å²) in [5.74, 6) is -0.934. The number of pyridine rings is 1. The smallest absolute Gasteiger partial charge is 0.261 e. The molecule has 1 aliphatic carbocycles. The van der Waals surface area contributed by atoms with Crippen LogP contribution < -0.4 is 16.6 Å². The predicted molar refractivity (Wildman–Crippen MR) is 102 cm³/mol. The number of aromatic amines is 1. The number of rotatable bonds is 4. The average Bonchev–Trinajstić information content (AvgIpc) is 2.61. The number of aromatic nitrogens is 1. The molecule has 2 amide bonds. The number of H-pyrrole nitrogens is 1. The Balaban J connectivity index is 1.93. The van der Waals surface area contributed by atoms with Crippen LogP contribution in [0, 0.1) is 6.92 Å². The largest absolute Gasteiger partial charge is 0.365 e. The molecule has 1 unspecified atom stereocenters. The number of primary amides is 1. The molecule has 0 fully saturated rings. The molecule has 7 heteroatoms. The third-order valence-electron chi connectivity index (χ3n) is 4.71. The maximum atomic E-state index is 12.8. The van der Waals surface area contributed by atoms with Crippen LogP contribution in [0.4, 0.5) is 0 Å². The van der Waals surface area contributed by atoms with Crippen LogP contribution in [0.5, 0.6) is 0 Å². The minimum Gasteiger partial charge on any atom is -0.365 e. The summed E-state index contributed by atoms with van der Waals surface area (Å²) in [6, 6.07) is 7.04. The molecular weight excluding hydrogens is 350 g/mol. The first kappa shape index (κ1) is 18.3. The third kappa shape index (κ3) is 3.53. The lowest BCUT2D eigenvalue weighted by Crippen LogP contribution is -2.34. The first-order valence-corrected chi connectivity index (χ1v) is 9.64. The van der Waals surface area contributed by atoms with Crippen LogP contribution in [0.15, 0.2) is 34.0 Å². The van der Waals surface area contributed by atoms with Crippen molar-refractivity contribution in [2.75, 3.05) is 6.26 Å². The average molecular weight is 371 g/mol. The van der Waals surface area contributed by atoms with Gasteiger partial charge in [0.1, 0.15) is 5.56 Å². The van der Waals surface area contributed by atoms with E-state index >= 15 is 0 Å². The van der Waals surface area contributed by atoms with Gasteiger partial charge in [-0.25, -0.2) is 0 Å². The lowest BCUT2D eigenvalue weighted by molar-refractivity contribution is 0.0931. The van der Waals surface area contributed by atoms with Crippen LogP contribution in [0.2, 0.25) is 0 Å². The van der Waals surface area contributed by atoms with E-state index in [2.05, 4.69) is 10.3 Å². The Kier molecular flexibility index (Phi) is 5.18. The van der Waals surface area contributed by atoms with Gasteiger partial charge >= 0.3 is 0 Å². The molecule has 3 rings (SSSR count). The Morgan fingerprint density at radius 1 is 1.27 bits per heavy atom. The lowest BCUT2D eigenvalue weighted by atomic mass is 9.90. The SMILES string of the molecule is CSc1ccc(C)c(C(=O)NC2CCCc3[nH]c(=O)c(C(N)=O)cc32)c1. The molecule has 0 aliphatic heterocycles. The number of hydrogen-bond donors (Lipinski definition) is 3. The minimum absolute atomic E-state index is 0.0783. The van der Waals surface area contributed by atoms with Crippen molar-refractivity contribution in [3.05, 3.63) is 62.6 Å². The highest BCUT2D eigenvalue weighted by molar-refractivity contribution is 7.98. The van der Waals surface area contributed by atoms with Crippen molar-refractivity contribution in [2.24, 2.45) is 5.73 Å². The van der Waals surface area contributed by atoms with E-state index in [0.717, 1.165) is 34.6 Å². The van der Waals surface area contributed by atoms with Crippen molar-refractivity contribution in [1.29, 1.82) is 0 Å². The van der Waals surface area contributed by atoms with Gasteiger partial charge in [0.2, 0.25) is 0 Å². The van der Waals surface area contributed by atoms with Gasteiger partial charge in [-0.1, -0.05) is 6.07 Å². The van der Waals surface area contributed by atoms with Crippen LogP contribution in [0.1, 0.15) is 56.4 Å². The zero-order valence-electron chi connectivity index (χ0n) is 14.7. The number of thioether (sulfide) groups is 1. The molecule has 4 N–H and O–H groups in total. The highest BCUT2D eigenvalue weighted by Crippen LogP contribution is 2.29. The summed E-state index contributed by atoms with van der Waals surface area (Å²) in [6.45, 7) is 1.90. The van der Waals surface area contributed by atoms with Crippen LogP contribution in [0.3, 0.4) is 0 Å². The van der Waals surface area contributed by atoms with Crippen molar-refractivity contribution >= 4 is 23.6 Å². The first-order valence-electron chi connectivity index (χ1n) is 8.42. The number of nitrogens with two attached hydrogens (primary N) is 1. The van der Waals surface area contributed by atoms with E-state index in [1.165, 1.54) is 6.07 Å². The monoisotopic (exact) mass is 371 g/mol. The van der Waals surface area contributed by atoms with Gasteiger partial charge in [0.05, 0.1) is 6.04 Å². The normalized spacial score (nSPS) is 16.0. The molecule has 26 heavy (non-hydrogen) atoms. The second kappa shape index (κ2) is 7.37. The van der Waals surface area contributed by atoms with E-state index in [-0.39, 0.29) is 17.5 Å². The predicted octanol–water partition coefficient (Wildman–Crippen LogP) is 2.31. The summed E-state index contributed by atoms with van der Waals surface area (Å²) in [5, 5.41) is 3.05. The van der Waals surface area contributed by atoms with Gasteiger partial charge in [-0.2, -0.15) is 0 Å². The van der Waals surface area contributed by atoms with Crippen molar-refractivity contribution in [1.82, 2.24) is 10.3 Å². The van der Waals surface area contributed by atoms with Gasteiger partial charge in [-0.15, -0.1) is 11.8 Å². The van der Waals surface area contributed by atoms with Gasteiger partial charge in [0.15, 0.2) is 0 Å². The molecule has 0 bridgehead atoms. The minimum atomic E-state index is -0.770. The Bertz CT molecular complexity index is 936. The van der Waals surface area contributed by atoms with Gasteiger partial charge in [0, 0.05) is 16.2 Å². The second-order valence-electron chi connectivity index (χ2n) is 6.41. The Labute approximate surface area is 155 Å². The van der Waals surface area contributed by atoms with E-state index in [0.29, 0.717) is 12.0 Å². The van der Waals surface area contributed by atoms with Crippen LogP contribution >= 0.6 is 11.8 Å². The second-order valence-corrected chi connectivity index (χ2v) is 7.29. The molecule has 0 spiro atoms. The van der Waals surface area contributed by atoms with Gasteiger partial charge in [-0.05, 0) is 61.8 Å². The zero-order valence-corrected chi connectivity index (χ0v) is 15.5. The summed E-state index contributed by atoms with van der Waals surface area (Å²) >= 11 is 1.58. The van der Waals surface area contributed by atoms with E-state index in [1.807, 2.05) is 31.4 Å². The van der Waals surface area contributed by atoms with E-state index in [1.54, 1.807) is 11.8 Å². The Morgan fingerprint density at radius 3 is 2.73 bits per heavy atom. The molecule has 1 aliphatic rings. The molecule has 2 aromatic rings. The molecule has 6 nitrogen and oxygen atoms in total. The standard InChI is InChI=1S/C19H21N3O3S/c1-10-6-7-11(26-2)8-12(10)18(24)21-15-4-3-5-16-13(15)9-14(17(20)23)19(25)22-16/h6-9,15H,3-5H2,1-2H3,(H2,20,23)(H,21,24)(H,22,25). The number of carbonyl (C=O) groups excluding carboxylic acids is 2. The Hall–Kier alpha value is -2.54. The highest BCUT2D eigenvalue weighted by Gasteiger charge is 2.25. The number of carbonyl (C=O) groups is 2. The van der Waals surface area contributed by atoms with Gasteiger partial charge in [-0.3, -0.25) is 14.4 Å². The third-order valence-corrected chi connectivity index (χ3v) is 5.44. The lowest BCUT2D eigenvalue weighted by Gasteiger charge is -2.26. The highest BCUT2D eigenvalue weighted by atomic mass is 32.2. The number of hydrogen-bond acceptors (Lipinski definition) is 4. The number of fused-ring (bicyclic) bond motifs is 1. The summed E-state index contributed by atoms with van der Waals surface area (Å²) in [5.41, 5.74) is 7.77. The van der Waals surface area contributed by atoms with Crippen molar-refractivity contribution in [3.63, 3.8) is 0 Å². The summed E-state index contributed by atoms with van der Waals surface area (Å²) < 4.78 is 0. The van der Waals surface area contributed by atoms with E-state index in [9.17, 15) is 14.4 Å². The number of aryl methyl sites for hydroxylation is 2. The maximum Gasteiger partial charge on any atom is 0.261 e. The fourth-order valence-corrected chi connectivity index (χ4v) is 3.72. The molecule has 0 saturated carbocycles. The number of amides is 2. The topological polar surface area (TPSA) is 105 Å². The number of benzene rings is 1.